The zero-order valence-electron chi connectivity index (χ0n) is 9.95. The Morgan fingerprint density at radius 1 is 1.31 bits per heavy atom. The number of hydrogen-bond donors (Lipinski definition) is 0. The third-order valence-corrected chi connectivity index (χ3v) is 3.16. The van der Waals surface area contributed by atoms with E-state index in [9.17, 15) is 0 Å². The van der Waals surface area contributed by atoms with Crippen LogP contribution < -0.4 is 0 Å². The number of aryl methyl sites for hydroxylation is 1. The first kappa shape index (κ1) is 11.1. The van der Waals surface area contributed by atoms with Crippen LogP contribution in [0.1, 0.15) is 31.7 Å². The van der Waals surface area contributed by atoms with Gasteiger partial charge in [0.25, 0.3) is 0 Å². The lowest BCUT2D eigenvalue weighted by Crippen LogP contribution is -1.98. The Hall–Kier alpha value is -1.37. The summed E-state index contributed by atoms with van der Waals surface area (Å²) in [6.07, 6.45) is 4.54. The Kier molecular flexibility index (Phi) is 3.55. The summed E-state index contributed by atoms with van der Waals surface area (Å²) < 4.78 is 0. The van der Waals surface area contributed by atoms with E-state index in [1.165, 1.54) is 23.3 Å². The molecule has 1 aromatic carbocycles. The monoisotopic (exact) mass is 213 g/mol. The largest absolute Gasteiger partial charge is 0.286 e. The molecule has 0 fully saturated rings. The quantitative estimate of drug-likeness (QED) is 0.675. The molecule has 1 atom stereocenters. The molecule has 0 aromatic heterocycles. The van der Waals surface area contributed by atoms with Crippen molar-refractivity contribution in [2.75, 3.05) is 0 Å². The number of benzene rings is 1. The summed E-state index contributed by atoms with van der Waals surface area (Å²) in [6.45, 7) is 6.06. The van der Waals surface area contributed by atoms with Crippen molar-refractivity contribution in [1.29, 1.82) is 0 Å². The third-order valence-electron chi connectivity index (χ3n) is 3.16. The molecule has 1 nitrogen and oxygen atoms in total. The van der Waals surface area contributed by atoms with Gasteiger partial charge in [-0.3, -0.25) is 4.99 Å². The van der Waals surface area contributed by atoms with E-state index in [2.05, 4.69) is 43.8 Å². The highest BCUT2D eigenvalue weighted by Crippen LogP contribution is 2.21. The van der Waals surface area contributed by atoms with Crippen molar-refractivity contribution in [3.05, 3.63) is 48.0 Å². The van der Waals surface area contributed by atoms with E-state index in [1.807, 2.05) is 0 Å². The van der Waals surface area contributed by atoms with Crippen molar-refractivity contribution >= 4 is 5.71 Å². The number of nitrogens with zero attached hydrogens (tertiary/aromatic N) is 1. The van der Waals surface area contributed by atoms with Gasteiger partial charge in [0.15, 0.2) is 0 Å². The Morgan fingerprint density at radius 2 is 2.06 bits per heavy atom. The number of aliphatic imine (C=N–C) groups is 1. The number of hydrogen-bond acceptors (Lipinski definition) is 1. The first-order chi connectivity index (χ1) is 7.75. The smallest absolute Gasteiger partial charge is 0.0706 e. The standard InChI is InChI=1S/C15H19N/c1-12(2)15-11-10-14(16-15)9-8-13-6-4-3-5-7-13/h3-7,15H,1,8-11H2,2H3. The topological polar surface area (TPSA) is 12.4 Å². The van der Waals surface area contributed by atoms with Gasteiger partial charge in [-0.25, -0.2) is 0 Å². The van der Waals surface area contributed by atoms with E-state index in [0.717, 1.165) is 19.3 Å². The highest BCUT2D eigenvalue weighted by Gasteiger charge is 2.17. The lowest BCUT2D eigenvalue weighted by Gasteiger charge is -2.03. The van der Waals surface area contributed by atoms with Gasteiger partial charge in [-0.1, -0.05) is 42.5 Å². The van der Waals surface area contributed by atoms with Gasteiger partial charge in [0.1, 0.15) is 0 Å². The van der Waals surface area contributed by atoms with Crippen molar-refractivity contribution in [1.82, 2.24) is 0 Å². The molecule has 2 rings (SSSR count). The summed E-state index contributed by atoms with van der Waals surface area (Å²) in [5.74, 6) is 0. The highest BCUT2D eigenvalue weighted by atomic mass is 14.8. The second-order valence-electron chi connectivity index (χ2n) is 4.58. The first-order valence-electron chi connectivity index (χ1n) is 6.00. The minimum absolute atomic E-state index is 0.394. The molecule has 1 aliphatic rings. The third kappa shape index (κ3) is 2.82. The maximum atomic E-state index is 4.72. The fourth-order valence-corrected chi connectivity index (χ4v) is 2.13. The van der Waals surface area contributed by atoms with Crippen LogP contribution >= 0.6 is 0 Å². The zero-order valence-corrected chi connectivity index (χ0v) is 9.95. The second-order valence-corrected chi connectivity index (χ2v) is 4.58. The van der Waals surface area contributed by atoms with Gasteiger partial charge in [0.05, 0.1) is 6.04 Å². The first-order valence-corrected chi connectivity index (χ1v) is 6.00. The average Bonchev–Trinajstić information content (AvgIpc) is 2.76. The minimum atomic E-state index is 0.394. The molecule has 1 heteroatoms. The van der Waals surface area contributed by atoms with Crippen LogP contribution in [-0.4, -0.2) is 11.8 Å². The average molecular weight is 213 g/mol. The Balaban J connectivity index is 1.88. The number of rotatable bonds is 4. The summed E-state index contributed by atoms with van der Waals surface area (Å²) >= 11 is 0. The molecule has 1 heterocycles. The molecule has 0 radical (unpaired) electrons. The van der Waals surface area contributed by atoms with Crippen LogP contribution in [0, 0.1) is 0 Å². The van der Waals surface area contributed by atoms with Crippen LogP contribution in [0.15, 0.2) is 47.5 Å². The van der Waals surface area contributed by atoms with Gasteiger partial charge in [0, 0.05) is 5.71 Å². The normalized spacial score (nSPS) is 19.6. The molecule has 0 amide bonds. The van der Waals surface area contributed by atoms with Gasteiger partial charge < -0.3 is 0 Å². The van der Waals surface area contributed by atoms with Crippen LogP contribution in [-0.2, 0) is 6.42 Å². The Bertz CT molecular complexity index is 389. The maximum absolute atomic E-state index is 4.72. The Morgan fingerprint density at radius 3 is 2.69 bits per heavy atom. The lowest BCUT2D eigenvalue weighted by atomic mass is 10.0. The van der Waals surface area contributed by atoms with Crippen LogP contribution in [0.3, 0.4) is 0 Å². The van der Waals surface area contributed by atoms with Gasteiger partial charge in [-0.05, 0) is 38.2 Å². The van der Waals surface area contributed by atoms with Crippen LogP contribution in [0.25, 0.3) is 0 Å². The van der Waals surface area contributed by atoms with E-state index in [1.54, 1.807) is 0 Å². The molecule has 0 saturated carbocycles. The molecule has 0 aliphatic carbocycles. The molecule has 0 spiro atoms. The van der Waals surface area contributed by atoms with Crippen LogP contribution in [0.4, 0.5) is 0 Å². The van der Waals surface area contributed by atoms with E-state index in [4.69, 9.17) is 4.99 Å². The van der Waals surface area contributed by atoms with Gasteiger partial charge in [-0.2, -0.15) is 0 Å². The van der Waals surface area contributed by atoms with Gasteiger partial charge in [0.2, 0.25) is 0 Å². The molecule has 1 unspecified atom stereocenters. The van der Waals surface area contributed by atoms with E-state index >= 15 is 0 Å². The molecule has 0 saturated heterocycles. The Labute approximate surface area is 97.9 Å². The van der Waals surface area contributed by atoms with E-state index in [0.29, 0.717) is 6.04 Å². The van der Waals surface area contributed by atoms with Crippen molar-refractivity contribution in [2.24, 2.45) is 4.99 Å². The maximum Gasteiger partial charge on any atom is 0.0706 e. The molecule has 84 valence electrons. The minimum Gasteiger partial charge on any atom is -0.286 e. The van der Waals surface area contributed by atoms with Crippen molar-refractivity contribution < 1.29 is 0 Å². The molecule has 0 N–H and O–H groups in total. The van der Waals surface area contributed by atoms with Crippen molar-refractivity contribution in [3.8, 4) is 0 Å². The highest BCUT2D eigenvalue weighted by molar-refractivity contribution is 5.86. The summed E-state index contributed by atoms with van der Waals surface area (Å²) in [5, 5.41) is 0. The van der Waals surface area contributed by atoms with Gasteiger partial charge in [-0.15, -0.1) is 0 Å². The van der Waals surface area contributed by atoms with Gasteiger partial charge >= 0.3 is 0 Å². The molecule has 1 aliphatic heterocycles. The SMILES string of the molecule is C=C(C)C1CCC(CCc2ccccc2)=N1. The molecular formula is C15H19N. The van der Waals surface area contributed by atoms with E-state index < -0.39 is 0 Å². The second kappa shape index (κ2) is 5.11. The summed E-state index contributed by atoms with van der Waals surface area (Å²) in [7, 11) is 0. The van der Waals surface area contributed by atoms with Crippen LogP contribution in [0.5, 0.6) is 0 Å². The fraction of sp³-hybridized carbons (Fsp3) is 0.400. The predicted molar refractivity (Wildman–Crippen MR) is 70.0 cm³/mol. The molecule has 1 aromatic rings. The molecule has 0 bridgehead atoms. The fourth-order valence-electron chi connectivity index (χ4n) is 2.13. The summed E-state index contributed by atoms with van der Waals surface area (Å²) in [5.41, 5.74) is 3.98. The summed E-state index contributed by atoms with van der Waals surface area (Å²) in [4.78, 5) is 4.72. The zero-order chi connectivity index (χ0) is 11.4. The predicted octanol–water partition coefficient (Wildman–Crippen LogP) is 3.80. The van der Waals surface area contributed by atoms with E-state index in [-0.39, 0.29) is 0 Å². The van der Waals surface area contributed by atoms with Crippen molar-refractivity contribution in [2.45, 2.75) is 38.6 Å². The van der Waals surface area contributed by atoms with Crippen LogP contribution in [0.2, 0.25) is 0 Å². The lowest BCUT2D eigenvalue weighted by molar-refractivity contribution is 0.766. The molecular weight excluding hydrogens is 194 g/mol. The van der Waals surface area contributed by atoms with Crippen molar-refractivity contribution in [3.63, 3.8) is 0 Å². The summed E-state index contributed by atoms with van der Waals surface area (Å²) in [6, 6.07) is 11.0. The molecule has 16 heavy (non-hydrogen) atoms.